The predicted molar refractivity (Wildman–Crippen MR) is 81.9 cm³/mol. The molecule has 4 N–H and O–H groups in total. The molecule has 1 rings (SSSR count). The van der Waals surface area contributed by atoms with Gasteiger partial charge in [0.2, 0.25) is 5.91 Å². The Bertz CT molecular complexity index is 300. The Morgan fingerprint density at radius 2 is 2.15 bits per heavy atom. The van der Waals surface area contributed by atoms with Gasteiger partial charge in [0, 0.05) is 13.1 Å². The molecule has 3 amide bonds. The van der Waals surface area contributed by atoms with E-state index in [9.17, 15) is 9.59 Å². The minimum absolute atomic E-state index is 0. The first-order valence-electron chi connectivity index (χ1n) is 7.15. The minimum Gasteiger partial charge on any atom is -0.338 e. The van der Waals surface area contributed by atoms with Crippen molar-refractivity contribution >= 4 is 24.3 Å². The summed E-state index contributed by atoms with van der Waals surface area (Å²) >= 11 is 0. The first kappa shape index (κ1) is 19.1. The van der Waals surface area contributed by atoms with Crippen LogP contribution in [0, 0.1) is 5.92 Å². The average molecular weight is 307 g/mol. The number of carbonyl (C=O) groups is 2. The van der Waals surface area contributed by atoms with Crippen LogP contribution in [0.1, 0.15) is 32.6 Å². The number of hydrogen-bond donors (Lipinski definition) is 3. The van der Waals surface area contributed by atoms with Crippen LogP contribution in [0.4, 0.5) is 4.79 Å². The van der Waals surface area contributed by atoms with Crippen molar-refractivity contribution in [1.29, 1.82) is 0 Å². The van der Waals surface area contributed by atoms with Crippen molar-refractivity contribution in [1.82, 2.24) is 15.5 Å². The number of halogens is 1. The van der Waals surface area contributed by atoms with Crippen LogP contribution in [0.3, 0.4) is 0 Å². The summed E-state index contributed by atoms with van der Waals surface area (Å²) < 4.78 is 0. The second-order valence-corrected chi connectivity index (χ2v) is 5.12. The Balaban J connectivity index is 0.00000361. The molecular weight excluding hydrogens is 280 g/mol. The summed E-state index contributed by atoms with van der Waals surface area (Å²) in [7, 11) is 0. The molecule has 7 heteroatoms. The van der Waals surface area contributed by atoms with Crippen molar-refractivity contribution in [2.45, 2.75) is 32.6 Å². The van der Waals surface area contributed by atoms with Crippen molar-refractivity contribution in [2.75, 3.05) is 32.7 Å². The van der Waals surface area contributed by atoms with Crippen molar-refractivity contribution in [3.05, 3.63) is 0 Å². The summed E-state index contributed by atoms with van der Waals surface area (Å²) in [6.07, 6.45) is 4.15. The van der Waals surface area contributed by atoms with Crippen LogP contribution in [-0.2, 0) is 4.79 Å². The molecule has 0 saturated carbocycles. The van der Waals surface area contributed by atoms with E-state index in [1.807, 2.05) is 6.92 Å². The number of likely N-dealkylation sites (tertiary alicyclic amines) is 1. The van der Waals surface area contributed by atoms with E-state index in [0.717, 1.165) is 32.4 Å². The number of amides is 3. The summed E-state index contributed by atoms with van der Waals surface area (Å²) in [6, 6.07) is -0.401. The number of imide groups is 1. The minimum atomic E-state index is -0.401. The molecule has 0 aromatic heterocycles. The van der Waals surface area contributed by atoms with Gasteiger partial charge in [-0.2, -0.15) is 0 Å². The molecule has 1 aliphatic rings. The van der Waals surface area contributed by atoms with E-state index in [2.05, 4.69) is 15.5 Å². The quantitative estimate of drug-likeness (QED) is 0.674. The Hall–Kier alpha value is -0.850. The van der Waals surface area contributed by atoms with E-state index in [1.54, 1.807) is 0 Å². The lowest BCUT2D eigenvalue weighted by atomic mass is 9.95. The van der Waals surface area contributed by atoms with Crippen molar-refractivity contribution < 1.29 is 9.59 Å². The van der Waals surface area contributed by atoms with Crippen LogP contribution in [0.25, 0.3) is 0 Å². The third-order valence-corrected chi connectivity index (χ3v) is 3.33. The number of carbonyl (C=O) groups excluding carboxylic acids is 2. The topological polar surface area (TPSA) is 87.5 Å². The van der Waals surface area contributed by atoms with Crippen LogP contribution in [0.2, 0.25) is 0 Å². The molecule has 1 saturated heterocycles. The van der Waals surface area contributed by atoms with Gasteiger partial charge < -0.3 is 11.1 Å². The lowest BCUT2D eigenvalue weighted by molar-refractivity contribution is -0.121. The highest BCUT2D eigenvalue weighted by molar-refractivity contribution is 5.95. The molecule has 1 fully saturated rings. The molecule has 0 spiro atoms. The smallest absolute Gasteiger partial charge is 0.321 e. The van der Waals surface area contributed by atoms with Crippen molar-refractivity contribution in [3.63, 3.8) is 0 Å². The zero-order chi connectivity index (χ0) is 14.1. The van der Waals surface area contributed by atoms with Crippen LogP contribution in [0.5, 0.6) is 0 Å². The van der Waals surface area contributed by atoms with Crippen molar-refractivity contribution in [2.24, 2.45) is 11.7 Å². The van der Waals surface area contributed by atoms with Crippen LogP contribution in [-0.4, -0.2) is 49.6 Å². The maximum Gasteiger partial charge on any atom is 0.321 e. The maximum atomic E-state index is 11.7. The molecule has 1 atom stereocenters. The van der Waals surface area contributed by atoms with E-state index in [1.165, 1.54) is 6.42 Å². The highest BCUT2D eigenvalue weighted by atomic mass is 35.5. The number of nitrogens with two attached hydrogens (primary N) is 1. The summed E-state index contributed by atoms with van der Waals surface area (Å²) in [4.78, 5) is 25.2. The Labute approximate surface area is 127 Å². The SMILES string of the molecule is CCCNC(=O)NC(=O)CN1CCCC(CCN)C1.Cl. The second-order valence-electron chi connectivity index (χ2n) is 5.12. The van der Waals surface area contributed by atoms with Crippen LogP contribution in [0.15, 0.2) is 0 Å². The summed E-state index contributed by atoms with van der Waals surface area (Å²) in [5, 5.41) is 4.98. The summed E-state index contributed by atoms with van der Waals surface area (Å²) in [6.45, 7) is 5.37. The van der Waals surface area contributed by atoms with Gasteiger partial charge in [0.05, 0.1) is 6.54 Å². The van der Waals surface area contributed by atoms with E-state index in [4.69, 9.17) is 5.73 Å². The fourth-order valence-electron chi connectivity index (χ4n) is 2.42. The van der Waals surface area contributed by atoms with Gasteiger partial charge in [-0.3, -0.25) is 15.0 Å². The number of hydrogen-bond acceptors (Lipinski definition) is 4. The van der Waals surface area contributed by atoms with Gasteiger partial charge in [0.15, 0.2) is 0 Å². The van der Waals surface area contributed by atoms with Crippen LogP contribution >= 0.6 is 12.4 Å². The lowest BCUT2D eigenvalue weighted by Gasteiger charge is -2.31. The summed E-state index contributed by atoms with van der Waals surface area (Å²) in [5.74, 6) is 0.350. The van der Waals surface area contributed by atoms with Gasteiger partial charge >= 0.3 is 6.03 Å². The largest absolute Gasteiger partial charge is 0.338 e. The molecule has 0 bridgehead atoms. The molecule has 1 unspecified atom stereocenters. The molecule has 0 aromatic carbocycles. The summed E-state index contributed by atoms with van der Waals surface area (Å²) in [5.41, 5.74) is 5.57. The number of nitrogens with one attached hydrogen (secondary N) is 2. The highest BCUT2D eigenvalue weighted by Crippen LogP contribution is 2.18. The number of rotatable bonds is 6. The molecule has 6 nitrogen and oxygen atoms in total. The van der Waals surface area contributed by atoms with Gasteiger partial charge in [0.25, 0.3) is 0 Å². The molecule has 1 aliphatic heterocycles. The monoisotopic (exact) mass is 306 g/mol. The zero-order valence-electron chi connectivity index (χ0n) is 12.2. The fourth-order valence-corrected chi connectivity index (χ4v) is 2.42. The third-order valence-electron chi connectivity index (χ3n) is 3.33. The average Bonchev–Trinajstić information content (AvgIpc) is 2.37. The molecule has 0 radical (unpaired) electrons. The van der Waals surface area contributed by atoms with E-state index >= 15 is 0 Å². The van der Waals surface area contributed by atoms with E-state index in [-0.39, 0.29) is 18.3 Å². The number of urea groups is 1. The molecule has 0 aromatic rings. The Morgan fingerprint density at radius 3 is 2.80 bits per heavy atom. The van der Waals surface area contributed by atoms with Gasteiger partial charge in [-0.15, -0.1) is 12.4 Å². The molecule has 118 valence electrons. The Morgan fingerprint density at radius 1 is 1.40 bits per heavy atom. The normalized spacial score (nSPS) is 19.0. The lowest BCUT2D eigenvalue weighted by Crippen LogP contribution is -2.47. The zero-order valence-corrected chi connectivity index (χ0v) is 13.0. The van der Waals surface area contributed by atoms with E-state index in [0.29, 0.717) is 25.6 Å². The van der Waals surface area contributed by atoms with Gasteiger partial charge in [-0.1, -0.05) is 6.92 Å². The third kappa shape index (κ3) is 7.67. The molecule has 20 heavy (non-hydrogen) atoms. The first-order valence-corrected chi connectivity index (χ1v) is 7.15. The van der Waals surface area contributed by atoms with Crippen molar-refractivity contribution in [3.8, 4) is 0 Å². The molecular formula is C13H27ClN4O2. The van der Waals surface area contributed by atoms with Gasteiger partial charge in [-0.05, 0) is 44.7 Å². The second kappa shape index (κ2) is 10.9. The van der Waals surface area contributed by atoms with E-state index < -0.39 is 6.03 Å². The standard InChI is InChI=1S/C13H26N4O2.ClH/c1-2-7-15-13(19)16-12(18)10-17-8-3-4-11(9-17)5-6-14;/h11H,2-10,14H2,1H3,(H2,15,16,18,19);1H. The Kier molecular flexibility index (Phi) is 10.4. The predicted octanol–water partition coefficient (Wildman–Crippen LogP) is 0.705. The molecule has 0 aliphatic carbocycles. The number of piperidine rings is 1. The maximum absolute atomic E-state index is 11.7. The van der Waals surface area contributed by atoms with Gasteiger partial charge in [-0.25, -0.2) is 4.79 Å². The van der Waals surface area contributed by atoms with Gasteiger partial charge in [0.1, 0.15) is 0 Å². The fraction of sp³-hybridized carbons (Fsp3) is 0.846. The van der Waals surface area contributed by atoms with Crippen LogP contribution < -0.4 is 16.4 Å². The highest BCUT2D eigenvalue weighted by Gasteiger charge is 2.21. The first-order chi connectivity index (χ1) is 9.15. The molecule has 1 heterocycles. The number of nitrogens with zero attached hydrogens (tertiary/aromatic N) is 1.